The number of carbonyl (C=O) groups excluding carboxylic acids is 2. The molecule has 0 bridgehead atoms. The number of amides is 2. The second kappa shape index (κ2) is 16.6. The Balaban J connectivity index is 1.16. The molecular weight excluding hydrogens is 667 g/mol. The van der Waals surface area contributed by atoms with Gasteiger partial charge in [-0.1, -0.05) is 78.9 Å². The molecule has 0 unspecified atom stereocenters. The molecule has 1 heterocycles. The van der Waals surface area contributed by atoms with Crippen molar-refractivity contribution in [1.29, 1.82) is 0 Å². The van der Waals surface area contributed by atoms with Crippen molar-refractivity contribution < 1.29 is 27.5 Å². The molecule has 1 aliphatic rings. The summed E-state index contributed by atoms with van der Waals surface area (Å²) < 4.78 is 45.5. The molecule has 11 heteroatoms. The second-order valence-electron chi connectivity index (χ2n) is 12.5. The zero-order chi connectivity index (χ0) is 36.5. The number of anilines is 2. The van der Waals surface area contributed by atoms with Gasteiger partial charge in [0.25, 0.3) is 0 Å². The van der Waals surface area contributed by atoms with E-state index in [1.807, 2.05) is 83.9 Å². The topological polar surface area (TPSA) is 91.1 Å². The lowest BCUT2D eigenvalue weighted by Crippen LogP contribution is -2.53. The maximum absolute atomic E-state index is 14.0. The largest absolute Gasteiger partial charge is 0.455 e. The molecule has 0 aliphatic carbocycles. The number of rotatable bonds is 12. The molecule has 2 amide bonds. The number of nitrogens with two attached hydrogens (primary N) is 1. The molecular formula is C41H40F3N5O3. The Morgan fingerprint density at radius 1 is 0.731 bits per heavy atom. The monoisotopic (exact) mass is 707 g/mol. The van der Waals surface area contributed by atoms with Crippen molar-refractivity contribution in [2.45, 2.75) is 32.1 Å². The fourth-order valence-corrected chi connectivity index (χ4v) is 6.08. The SMILES string of the molecule is NCc1cccc(Oc2ccccc2N(Cc2ccc(-c3ccc(C(F)(F)F)cc3)cc2)C(=O)CCC(=O)NN2CCN(c3ccccc3)CC2)c1. The van der Waals surface area contributed by atoms with Gasteiger partial charge in [0.1, 0.15) is 5.75 Å². The van der Waals surface area contributed by atoms with Gasteiger partial charge in [-0.3, -0.25) is 15.0 Å². The van der Waals surface area contributed by atoms with Crippen LogP contribution < -0.4 is 25.7 Å². The number of hydrogen-bond acceptors (Lipinski definition) is 6. The summed E-state index contributed by atoms with van der Waals surface area (Å²) in [6.07, 6.45) is -4.47. The van der Waals surface area contributed by atoms with Crippen molar-refractivity contribution >= 4 is 23.2 Å². The molecule has 6 rings (SSSR count). The number of piperazine rings is 1. The highest BCUT2D eigenvalue weighted by Gasteiger charge is 2.30. The van der Waals surface area contributed by atoms with E-state index in [0.717, 1.165) is 47.6 Å². The van der Waals surface area contributed by atoms with E-state index in [1.165, 1.54) is 12.1 Å². The highest BCUT2D eigenvalue weighted by atomic mass is 19.4. The standard InChI is InChI=1S/C41H40F3N5O3/c42-41(43,44)34-19-17-33(18-20-34)32-15-13-30(14-16-32)29-49(37-11-4-5-12-38(37)52-36-10-6-7-31(27-36)28-45)40(51)22-21-39(50)46-48-25-23-47(24-26-48)35-8-2-1-3-9-35/h1-20,27H,21-26,28-29,45H2,(H,46,50). The molecule has 0 aromatic heterocycles. The predicted molar refractivity (Wildman–Crippen MR) is 197 cm³/mol. The first kappa shape index (κ1) is 36.2. The number of halogens is 3. The summed E-state index contributed by atoms with van der Waals surface area (Å²) in [5.74, 6) is 0.496. The molecule has 1 aliphatic heterocycles. The van der Waals surface area contributed by atoms with E-state index in [2.05, 4.69) is 22.5 Å². The number of nitrogens with one attached hydrogen (secondary N) is 1. The minimum Gasteiger partial charge on any atom is -0.455 e. The Morgan fingerprint density at radius 3 is 2.06 bits per heavy atom. The molecule has 1 fully saturated rings. The number of nitrogens with zero attached hydrogens (tertiary/aromatic N) is 3. The van der Waals surface area contributed by atoms with Gasteiger partial charge in [-0.2, -0.15) is 13.2 Å². The molecule has 1 saturated heterocycles. The zero-order valence-corrected chi connectivity index (χ0v) is 28.6. The number of para-hydroxylation sites is 3. The van der Waals surface area contributed by atoms with Crippen LogP contribution in [0.5, 0.6) is 11.5 Å². The number of benzene rings is 5. The fourth-order valence-electron chi connectivity index (χ4n) is 6.08. The van der Waals surface area contributed by atoms with E-state index in [4.69, 9.17) is 10.5 Å². The van der Waals surface area contributed by atoms with Crippen LogP contribution in [0, 0.1) is 0 Å². The molecule has 3 N–H and O–H groups in total. The summed E-state index contributed by atoms with van der Waals surface area (Å²) >= 11 is 0. The van der Waals surface area contributed by atoms with Crippen molar-refractivity contribution in [3.05, 3.63) is 144 Å². The zero-order valence-electron chi connectivity index (χ0n) is 28.6. The normalized spacial score (nSPS) is 13.4. The average Bonchev–Trinajstić information content (AvgIpc) is 3.17. The second-order valence-corrected chi connectivity index (χ2v) is 12.5. The van der Waals surface area contributed by atoms with Crippen molar-refractivity contribution in [2.75, 3.05) is 36.0 Å². The summed E-state index contributed by atoms with van der Waals surface area (Å²) in [6.45, 7) is 3.34. The minimum atomic E-state index is -4.41. The lowest BCUT2D eigenvalue weighted by atomic mass is 10.0. The van der Waals surface area contributed by atoms with Gasteiger partial charge in [0.2, 0.25) is 11.8 Å². The summed E-state index contributed by atoms with van der Waals surface area (Å²) in [6, 6.07) is 37.0. The summed E-state index contributed by atoms with van der Waals surface area (Å²) in [7, 11) is 0. The first-order chi connectivity index (χ1) is 25.2. The minimum absolute atomic E-state index is 0.0112. The Kier molecular flexibility index (Phi) is 11.5. The Hall–Kier alpha value is -5.65. The molecule has 0 saturated carbocycles. The maximum Gasteiger partial charge on any atom is 0.416 e. The van der Waals surface area contributed by atoms with E-state index in [-0.39, 0.29) is 31.2 Å². The molecule has 5 aromatic rings. The third kappa shape index (κ3) is 9.36. The van der Waals surface area contributed by atoms with Crippen LogP contribution >= 0.6 is 0 Å². The van der Waals surface area contributed by atoms with Gasteiger partial charge in [0.05, 0.1) is 17.8 Å². The number of hydrogen-bond donors (Lipinski definition) is 2. The molecule has 0 spiro atoms. The molecule has 8 nitrogen and oxygen atoms in total. The summed E-state index contributed by atoms with van der Waals surface area (Å²) in [5.41, 5.74) is 12.8. The molecule has 52 heavy (non-hydrogen) atoms. The van der Waals surface area contributed by atoms with Crippen LogP contribution in [0.15, 0.2) is 127 Å². The highest BCUT2D eigenvalue weighted by Crippen LogP contribution is 2.35. The van der Waals surface area contributed by atoms with E-state index in [1.54, 1.807) is 17.0 Å². The van der Waals surface area contributed by atoms with E-state index in [9.17, 15) is 22.8 Å². The van der Waals surface area contributed by atoms with Crippen LogP contribution in [-0.4, -0.2) is 43.0 Å². The first-order valence-corrected chi connectivity index (χ1v) is 17.1. The molecule has 0 atom stereocenters. The Labute approximate surface area is 301 Å². The van der Waals surface area contributed by atoms with Gasteiger partial charge in [-0.15, -0.1) is 0 Å². The number of hydrazine groups is 1. The van der Waals surface area contributed by atoms with Crippen LogP contribution in [0.3, 0.4) is 0 Å². The average molecular weight is 708 g/mol. The fraction of sp³-hybridized carbons (Fsp3) is 0.220. The van der Waals surface area contributed by atoms with Crippen molar-refractivity contribution in [2.24, 2.45) is 5.73 Å². The lowest BCUT2D eigenvalue weighted by molar-refractivity contribution is -0.137. The summed E-state index contributed by atoms with van der Waals surface area (Å²) in [5, 5.41) is 1.89. The van der Waals surface area contributed by atoms with Gasteiger partial charge in [-0.05, 0) is 70.8 Å². The van der Waals surface area contributed by atoms with Crippen LogP contribution in [0.4, 0.5) is 24.5 Å². The molecule has 0 radical (unpaired) electrons. The highest BCUT2D eigenvalue weighted by molar-refractivity contribution is 5.96. The maximum atomic E-state index is 14.0. The third-order valence-corrected chi connectivity index (χ3v) is 8.91. The molecule has 5 aromatic carbocycles. The quantitative estimate of drug-likeness (QED) is 0.138. The van der Waals surface area contributed by atoms with Gasteiger partial charge in [0, 0.05) is 51.3 Å². The number of alkyl halides is 3. The van der Waals surface area contributed by atoms with Crippen molar-refractivity contribution in [1.82, 2.24) is 10.4 Å². The first-order valence-electron chi connectivity index (χ1n) is 17.1. The van der Waals surface area contributed by atoms with Gasteiger partial charge in [-0.25, -0.2) is 5.01 Å². The smallest absolute Gasteiger partial charge is 0.416 e. The molecule has 268 valence electrons. The third-order valence-electron chi connectivity index (χ3n) is 8.91. The Bertz CT molecular complexity index is 1950. The van der Waals surface area contributed by atoms with Crippen LogP contribution in [0.1, 0.15) is 29.5 Å². The predicted octanol–water partition coefficient (Wildman–Crippen LogP) is 7.79. The number of ether oxygens (including phenoxy) is 1. The van der Waals surface area contributed by atoms with E-state index in [0.29, 0.717) is 42.4 Å². The van der Waals surface area contributed by atoms with Crippen molar-refractivity contribution in [3.63, 3.8) is 0 Å². The van der Waals surface area contributed by atoms with Crippen LogP contribution in [0.2, 0.25) is 0 Å². The van der Waals surface area contributed by atoms with Gasteiger partial charge >= 0.3 is 6.18 Å². The van der Waals surface area contributed by atoms with Gasteiger partial charge < -0.3 is 20.3 Å². The van der Waals surface area contributed by atoms with E-state index < -0.39 is 11.7 Å². The van der Waals surface area contributed by atoms with Gasteiger partial charge in [0.15, 0.2) is 5.75 Å². The summed E-state index contributed by atoms with van der Waals surface area (Å²) in [4.78, 5) is 30.9. The van der Waals surface area contributed by atoms with Crippen molar-refractivity contribution in [3.8, 4) is 22.6 Å². The van der Waals surface area contributed by atoms with Crippen LogP contribution in [-0.2, 0) is 28.9 Å². The lowest BCUT2D eigenvalue weighted by Gasteiger charge is -2.36. The van der Waals surface area contributed by atoms with E-state index >= 15 is 0 Å². The van der Waals surface area contributed by atoms with Crippen LogP contribution in [0.25, 0.3) is 11.1 Å². The Morgan fingerprint density at radius 2 is 1.38 bits per heavy atom. The number of carbonyl (C=O) groups is 2.